The zero-order chi connectivity index (χ0) is 37.5. The maximum Gasteiger partial charge on any atom is 0.358 e. The van der Waals surface area contributed by atoms with E-state index in [1.807, 2.05) is 19.9 Å². The molecule has 0 aromatic carbocycles. The second-order valence-electron chi connectivity index (χ2n) is 13.9. The summed E-state index contributed by atoms with van der Waals surface area (Å²) in [5.74, 6) is -3.13. The molecule has 0 unspecified atom stereocenters. The van der Waals surface area contributed by atoms with Crippen molar-refractivity contribution in [2.75, 3.05) is 13.1 Å². The lowest BCUT2D eigenvalue weighted by Crippen LogP contribution is -2.42. The molecular weight excluding hydrogens is 660 g/mol. The van der Waals surface area contributed by atoms with Crippen LogP contribution in [0.15, 0.2) is 46.1 Å². The Morgan fingerprint density at radius 3 is 1.76 bits per heavy atom. The maximum atomic E-state index is 12.9. The van der Waals surface area contributed by atoms with Gasteiger partial charge in [-0.2, -0.15) is 0 Å². The van der Waals surface area contributed by atoms with E-state index in [0.717, 1.165) is 18.4 Å². The Bertz CT molecular complexity index is 1750. The second kappa shape index (κ2) is 16.2. The number of rotatable bonds is 12. The standard InChI is InChI=1S/C21H26N4O4.C15H20N2O5/c1-4-21(2,3)18(26)20(28)25-10-6-8-15(25)17-16(24-13-29-17)19(27)23-12-14-7-5-9-22-11-14;1-4-15(2,3)12(18)13(19)17-7-5-6-9(17)11-10(14(20)21)16-8-22-11/h5,7,9,11,13,15H,4,6,8,10,12H2,1-3H3,(H,23,27);8-9H,4-7H2,1-3H3,(H,20,21)/t15-;9-/m00/s1. The van der Waals surface area contributed by atoms with E-state index in [1.54, 1.807) is 46.2 Å². The van der Waals surface area contributed by atoms with E-state index >= 15 is 0 Å². The fraction of sp³-hybridized carbons (Fsp3) is 0.528. The van der Waals surface area contributed by atoms with Crippen LogP contribution in [-0.4, -0.2) is 78.2 Å². The minimum atomic E-state index is -1.21. The Labute approximate surface area is 296 Å². The quantitative estimate of drug-likeness (QED) is 0.246. The minimum Gasteiger partial charge on any atom is -0.476 e. The fourth-order valence-electron chi connectivity index (χ4n) is 5.81. The molecule has 5 heterocycles. The van der Waals surface area contributed by atoms with Crippen LogP contribution in [0.25, 0.3) is 0 Å². The Morgan fingerprint density at radius 1 is 0.824 bits per heavy atom. The SMILES string of the molecule is CCC(C)(C)C(=O)C(=O)N1CCC[C@H]1c1ocnc1C(=O)NCc1cccnc1.CCC(C)(C)C(=O)C(=O)N1CCC[C@H]1c1ocnc1C(=O)O. The number of amides is 3. The first-order valence-corrected chi connectivity index (χ1v) is 17.1. The molecule has 2 N–H and O–H groups in total. The molecular formula is C36H46N6O9. The van der Waals surface area contributed by atoms with Crippen LogP contribution < -0.4 is 5.32 Å². The zero-order valence-corrected chi connectivity index (χ0v) is 29.9. The van der Waals surface area contributed by atoms with Crippen LogP contribution in [0.3, 0.4) is 0 Å². The average Bonchev–Trinajstić information content (AvgIpc) is 3.95. The normalized spacial score (nSPS) is 17.5. The summed E-state index contributed by atoms with van der Waals surface area (Å²) in [6, 6.07) is 2.63. The summed E-state index contributed by atoms with van der Waals surface area (Å²) >= 11 is 0. The molecule has 15 heteroatoms. The van der Waals surface area contributed by atoms with E-state index in [2.05, 4.69) is 20.3 Å². The molecule has 5 rings (SSSR count). The predicted octanol–water partition coefficient (Wildman–Crippen LogP) is 4.71. The number of aromatic nitrogens is 3. The first-order chi connectivity index (χ1) is 24.1. The first kappa shape index (κ1) is 38.6. The van der Waals surface area contributed by atoms with E-state index in [9.17, 15) is 28.8 Å². The summed E-state index contributed by atoms with van der Waals surface area (Å²) in [4.78, 5) is 88.9. The molecule has 51 heavy (non-hydrogen) atoms. The van der Waals surface area contributed by atoms with Crippen molar-refractivity contribution < 1.29 is 42.7 Å². The summed E-state index contributed by atoms with van der Waals surface area (Å²) in [5, 5.41) is 11.9. The van der Waals surface area contributed by atoms with Crippen molar-refractivity contribution in [3.8, 4) is 0 Å². The van der Waals surface area contributed by atoms with Gasteiger partial charge in [0.25, 0.3) is 17.7 Å². The number of likely N-dealkylation sites (tertiary alicyclic amines) is 2. The fourth-order valence-corrected chi connectivity index (χ4v) is 5.81. The smallest absolute Gasteiger partial charge is 0.358 e. The number of aromatic carboxylic acids is 1. The van der Waals surface area contributed by atoms with Crippen molar-refractivity contribution in [1.82, 2.24) is 30.1 Å². The molecule has 3 amide bonds. The number of Topliss-reactive ketones (excluding diaryl/α,β-unsaturated/α-hetero) is 2. The Kier molecular flexibility index (Phi) is 12.3. The molecule has 0 aliphatic carbocycles. The number of oxazole rings is 2. The van der Waals surface area contributed by atoms with Crippen molar-refractivity contribution in [2.24, 2.45) is 10.8 Å². The van der Waals surface area contributed by atoms with Crippen LogP contribution in [0.4, 0.5) is 0 Å². The van der Waals surface area contributed by atoms with Gasteiger partial charge in [-0.15, -0.1) is 0 Å². The van der Waals surface area contributed by atoms with Gasteiger partial charge in [0.2, 0.25) is 11.6 Å². The second-order valence-corrected chi connectivity index (χ2v) is 13.9. The molecule has 0 saturated carbocycles. The molecule has 2 fully saturated rings. The summed E-state index contributed by atoms with van der Waals surface area (Å²) < 4.78 is 10.7. The molecule has 15 nitrogen and oxygen atoms in total. The highest BCUT2D eigenvalue weighted by atomic mass is 16.4. The van der Waals surface area contributed by atoms with Gasteiger partial charge in [-0.05, 0) is 50.2 Å². The van der Waals surface area contributed by atoms with E-state index < -0.39 is 58.2 Å². The Hall–Kier alpha value is -5.21. The molecule has 0 spiro atoms. The van der Waals surface area contributed by atoms with Crippen LogP contribution >= 0.6 is 0 Å². The van der Waals surface area contributed by atoms with E-state index in [1.165, 1.54) is 16.2 Å². The third kappa shape index (κ3) is 8.58. The van der Waals surface area contributed by atoms with Gasteiger partial charge in [-0.3, -0.25) is 29.0 Å². The molecule has 274 valence electrons. The van der Waals surface area contributed by atoms with Gasteiger partial charge in [0, 0.05) is 42.9 Å². The predicted molar refractivity (Wildman–Crippen MR) is 181 cm³/mol. The van der Waals surface area contributed by atoms with Gasteiger partial charge >= 0.3 is 5.97 Å². The number of carboxylic acids is 1. The summed E-state index contributed by atoms with van der Waals surface area (Å²) in [6.45, 7) is 11.9. The minimum absolute atomic E-state index is 0.139. The van der Waals surface area contributed by atoms with Crippen LogP contribution in [-0.2, 0) is 25.7 Å². The van der Waals surface area contributed by atoms with Gasteiger partial charge in [0.05, 0.1) is 12.1 Å². The van der Waals surface area contributed by atoms with E-state index in [0.29, 0.717) is 57.5 Å². The first-order valence-electron chi connectivity index (χ1n) is 17.1. The number of nitrogens with one attached hydrogen (secondary N) is 1. The lowest BCUT2D eigenvalue weighted by Gasteiger charge is -2.27. The molecule has 2 saturated heterocycles. The van der Waals surface area contributed by atoms with Gasteiger partial charge in [0.1, 0.15) is 0 Å². The Balaban J connectivity index is 0.000000238. The largest absolute Gasteiger partial charge is 0.476 e. The molecule has 0 bridgehead atoms. The number of hydrogen-bond donors (Lipinski definition) is 2. The van der Waals surface area contributed by atoms with Crippen LogP contribution in [0.1, 0.15) is 130 Å². The molecule has 3 aromatic rings. The third-order valence-electron chi connectivity index (χ3n) is 9.80. The van der Waals surface area contributed by atoms with Crippen molar-refractivity contribution in [1.29, 1.82) is 0 Å². The van der Waals surface area contributed by atoms with E-state index in [4.69, 9.17) is 13.9 Å². The number of ketones is 2. The van der Waals surface area contributed by atoms with Crippen LogP contribution in [0.2, 0.25) is 0 Å². The number of nitrogens with zero attached hydrogens (tertiary/aromatic N) is 5. The third-order valence-corrected chi connectivity index (χ3v) is 9.80. The maximum absolute atomic E-state index is 12.9. The van der Waals surface area contributed by atoms with Crippen molar-refractivity contribution >= 4 is 35.3 Å². The van der Waals surface area contributed by atoms with Crippen LogP contribution in [0.5, 0.6) is 0 Å². The summed E-state index contributed by atoms with van der Waals surface area (Å²) in [6.07, 6.45) is 9.30. The topological polar surface area (TPSA) is 206 Å². The van der Waals surface area contributed by atoms with Crippen molar-refractivity contribution in [2.45, 2.75) is 98.7 Å². The van der Waals surface area contributed by atoms with Crippen molar-refractivity contribution in [3.05, 3.63) is 65.8 Å². The van der Waals surface area contributed by atoms with Gasteiger partial charge < -0.3 is 29.1 Å². The monoisotopic (exact) mass is 706 g/mol. The number of pyridine rings is 1. The lowest BCUT2D eigenvalue weighted by atomic mass is 9.84. The average molecular weight is 707 g/mol. The van der Waals surface area contributed by atoms with E-state index in [-0.39, 0.29) is 17.1 Å². The van der Waals surface area contributed by atoms with Crippen LogP contribution in [0, 0.1) is 10.8 Å². The number of carbonyl (C=O) groups excluding carboxylic acids is 5. The van der Waals surface area contributed by atoms with Gasteiger partial charge in [0.15, 0.2) is 35.7 Å². The molecule has 2 aliphatic rings. The van der Waals surface area contributed by atoms with Gasteiger partial charge in [-0.1, -0.05) is 47.6 Å². The summed E-state index contributed by atoms with van der Waals surface area (Å²) in [7, 11) is 0. The zero-order valence-electron chi connectivity index (χ0n) is 29.9. The molecule has 2 atom stereocenters. The van der Waals surface area contributed by atoms with Crippen molar-refractivity contribution in [3.63, 3.8) is 0 Å². The number of carbonyl (C=O) groups is 6. The molecule has 3 aromatic heterocycles. The highest BCUT2D eigenvalue weighted by molar-refractivity contribution is 6.38. The Morgan fingerprint density at radius 2 is 1.31 bits per heavy atom. The number of carboxylic acid groups (broad SMARTS) is 1. The summed E-state index contributed by atoms with van der Waals surface area (Å²) in [5.41, 5.74) is -0.666. The molecule has 2 aliphatic heterocycles. The molecule has 0 radical (unpaired) electrons. The highest BCUT2D eigenvalue weighted by Gasteiger charge is 2.43. The van der Waals surface area contributed by atoms with Gasteiger partial charge in [-0.25, -0.2) is 14.8 Å². The number of hydrogen-bond acceptors (Lipinski definition) is 11. The lowest BCUT2D eigenvalue weighted by molar-refractivity contribution is -0.150. The highest BCUT2D eigenvalue weighted by Crippen LogP contribution is 2.37.